The fourth-order valence-corrected chi connectivity index (χ4v) is 7.97. The van der Waals surface area contributed by atoms with Crippen LogP contribution < -0.4 is 5.32 Å². The van der Waals surface area contributed by atoms with Crippen molar-refractivity contribution in [3.63, 3.8) is 0 Å². The van der Waals surface area contributed by atoms with Crippen LogP contribution in [0.2, 0.25) is 0 Å². The number of rotatable bonds is 6. The van der Waals surface area contributed by atoms with Crippen LogP contribution in [0.5, 0.6) is 0 Å². The summed E-state index contributed by atoms with van der Waals surface area (Å²) in [5.41, 5.74) is -5.16. The molecule has 3 fully saturated rings. The summed E-state index contributed by atoms with van der Waals surface area (Å²) in [6.45, 7) is 12.2. The molecule has 2 bridgehead atoms. The zero-order chi connectivity index (χ0) is 32.4. The Labute approximate surface area is 251 Å². The van der Waals surface area contributed by atoms with Crippen molar-refractivity contribution in [2.24, 2.45) is 16.7 Å². The molecular formula is C31H45NO11. The van der Waals surface area contributed by atoms with Crippen LogP contribution in [-0.4, -0.2) is 98.4 Å². The summed E-state index contributed by atoms with van der Waals surface area (Å²) in [5.74, 6) is -3.87. The van der Waals surface area contributed by atoms with Gasteiger partial charge in [-0.1, -0.05) is 32.4 Å². The minimum atomic E-state index is -2.09. The minimum Gasteiger partial charge on any atom is -0.459 e. The first-order chi connectivity index (χ1) is 19.7. The van der Waals surface area contributed by atoms with Gasteiger partial charge in [-0.2, -0.15) is 0 Å². The van der Waals surface area contributed by atoms with Crippen LogP contribution >= 0.6 is 0 Å². The minimum absolute atomic E-state index is 0.0582. The normalized spacial score (nSPS) is 39.4. The number of fused-ring (bicyclic) bond motifs is 5. The van der Waals surface area contributed by atoms with E-state index in [2.05, 4.69) is 5.32 Å². The van der Waals surface area contributed by atoms with Gasteiger partial charge in [0, 0.05) is 55.4 Å². The second-order valence-corrected chi connectivity index (χ2v) is 13.8. The third-order valence-electron chi connectivity index (χ3n) is 10.2. The van der Waals surface area contributed by atoms with Crippen molar-refractivity contribution in [3.8, 4) is 0 Å². The number of Topliss-reactive ketones (excluding diaryl/α,β-unsaturated/α-hetero) is 1. The van der Waals surface area contributed by atoms with E-state index in [-0.39, 0.29) is 31.4 Å². The highest BCUT2D eigenvalue weighted by Gasteiger charge is 2.74. The molecule has 12 heteroatoms. The van der Waals surface area contributed by atoms with E-state index < -0.39 is 88.1 Å². The standard InChI is InChI=1S/C31H45NO11/c1-14(2)9-18(32-16(4)33)24(37)27(38)43-20-12-31(40)26(42-17(5)34)25-29(8,21(36)10-22-30(25,39)13-41-22)11-19(35)23(15(20)3)28(31,6)7/h9,18,20-22,24-26,36-37,39-40H,10-13H2,1-8H3,(H,32,33)/t18-,20?,21-,22+,24+,25-,26-,29+,30-,31+/m0/s1. The molecular weight excluding hydrogens is 562 g/mol. The molecule has 10 atom stereocenters. The summed E-state index contributed by atoms with van der Waals surface area (Å²) in [4.78, 5) is 51.8. The maximum Gasteiger partial charge on any atom is 0.338 e. The van der Waals surface area contributed by atoms with Crippen LogP contribution in [0.15, 0.2) is 22.8 Å². The fraction of sp³-hybridized carbons (Fsp3) is 0.742. The molecule has 1 heterocycles. The lowest BCUT2D eigenvalue weighted by Crippen LogP contribution is -2.79. The summed E-state index contributed by atoms with van der Waals surface area (Å²) in [6, 6.07) is -1.10. The Kier molecular flexibility index (Phi) is 8.56. The Hall–Kier alpha value is -2.64. The molecule has 3 aliphatic carbocycles. The zero-order valence-electron chi connectivity index (χ0n) is 26.1. The van der Waals surface area contributed by atoms with Crippen molar-refractivity contribution in [2.45, 2.75) is 122 Å². The second-order valence-electron chi connectivity index (χ2n) is 13.8. The predicted molar refractivity (Wildman–Crippen MR) is 151 cm³/mol. The first-order valence-corrected chi connectivity index (χ1v) is 14.7. The fourth-order valence-electron chi connectivity index (χ4n) is 7.97. The van der Waals surface area contributed by atoms with Gasteiger partial charge in [-0.3, -0.25) is 14.4 Å². The van der Waals surface area contributed by atoms with Gasteiger partial charge in [0.15, 0.2) is 11.9 Å². The number of ketones is 1. The SMILES string of the molecule is CC(=O)N[C@@H](C=C(C)C)[C@@H](O)C(=O)OC1C[C@@]2(O)[C@@H](OC(C)=O)[C@H]3[C@](C)(CC(=O)C(=C1C)C2(C)C)[C@@H](O)C[C@H]1OC[C@]13O. The van der Waals surface area contributed by atoms with Gasteiger partial charge >= 0.3 is 11.9 Å². The number of ether oxygens (including phenoxy) is 3. The topological polar surface area (TPSA) is 189 Å². The van der Waals surface area contributed by atoms with Crippen molar-refractivity contribution in [2.75, 3.05) is 6.61 Å². The molecule has 4 aliphatic rings. The number of aliphatic hydroxyl groups is 4. The third-order valence-corrected chi connectivity index (χ3v) is 10.2. The molecule has 240 valence electrons. The summed E-state index contributed by atoms with van der Waals surface area (Å²) < 4.78 is 17.2. The van der Waals surface area contributed by atoms with Gasteiger partial charge in [-0.15, -0.1) is 0 Å². The lowest BCUT2D eigenvalue weighted by atomic mass is 9.45. The highest BCUT2D eigenvalue weighted by atomic mass is 16.6. The first kappa shape index (κ1) is 33.3. The van der Waals surface area contributed by atoms with E-state index >= 15 is 0 Å². The van der Waals surface area contributed by atoms with Crippen molar-refractivity contribution in [1.82, 2.24) is 5.32 Å². The number of aliphatic hydroxyl groups excluding tert-OH is 2. The van der Waals surface area contributed by atoms with E-state index in [1.807, 2.05) is 0 Å². The molecule has 43 heavy (non-hydrogen) atoms. The predicted octanol–water partition coefficient (Wildman–Crippen LogP) is 0.629. The Balaban J connectivity index is 1.84. The van der Waals surface area contributed by atoms with Gasteiger partial charge in [0.25, 0.3) is 0 Å². The van der Waals surface area contributed by atoms with E-state index in [1.54, 1.807) is 41.5 Å². The van der Waals surface area contributed by atoms with Crippen molar-refractivity contribution >= 4 is 23.6 Å². The maximum absolute atomic E-state index is 14.2. The van der Waals surface area contributed by atoms with Crippen LogP contribution in [0, 0.1) is 16.7 Å². The second kappa shape index (κ2) is 11.1. The summed E-state index contributed by atoms with van der Waals surface area (Å²) in [5, 5.41) is 49.3. The highest BCUT2D eigenvalue weighted by molar-refractivity contribution is 5.99. The van der Waals surface area contributed by atoms with E-state index in [1.165, 1.54) is 19.9 Å². The Morgan fingerprint density at radius 1 is 1.09 bits per heavy atom. The quantitative estimate of drug-likeness (QED) is 0.210. The molecule has 1 unspecified atom stereocenters. The number of esters is 2. The molecule has 0 aromatic rings. The molecule has 1 aliphatic heterocycles. The molecule has 2 saturated carbocycles. The Morgan fingerprint density at radius 3 is 2.23 bits per heavy atom. The number of carbonyl (C=O) groups is 4. The van der Waals surface area contributed by atoms with Gasteiger partial charge in [0.2, 0.25) is 5.91 Å². The lowest BCUT2D eigenvalue weighted by molar-refractivity contribution is -0.349. The number of allylic oxidation sites excluding steroid dienone is 1. The number of hydrogen-bond donors (Lipinski definition) is 5. The average molecular weight is 608 g/mol. The number of carbonyl (C=O) groups excluding carboxylic acids is 4. The maximum atomic E-state index is 14.2. The molecule has 0 aromatic heterocycles. The number of amides is 1. The van der Waals surface area contributed by atoms with Gasteiger partial charge in [0.1, 0.15) is 23.4 Å². The highest BCUT2D eigenvalue weighted by Crippen LogP contribution is 2.63. The zero-order valence-corrected chi connectivity index (χ0v) is 26.1. The molecule has 0 spiro atoms. The monoisotopic (exact) mass is 607 g/mol. The Morgan fingerprint density at radius 2 is 1.72 bits per heavy atom. The van der Waals surface area contributed by atoms with Gasteiger partial charge < -0.3 is 40.0 Å². The van der Waals surface area contributed by atoms with Crippen molar-refractivity contribution < 1.29 is 53.8 Å². The van der Waals surface area contributed by atoms with Crippen LogP contribution in [0.3, 0.4) is 0 Å². The van der Waals surface area contributed by atoms with Crippen LogP contribution in [-0.2, 0) is 33.4 Å². The van der Waals surface area contributed by atoms with Crippen molar-refractivity contribution in [1.29, 1.82) is 0 Å². The lowest BCUT2D eigenvalue weighted by Gasteiger charge is -2.66. The largest absolute Gasteiger partial charge is 0.459 e. The molecule has 1 saturated heterocycles. The first-order valence-electron chi connectivity index (χ1n) is 14.7. The third kappa shape index (κ3) is 5.24. The average Bonchev–Trinajstić information content (AvgIpc) is 2.86. The van der Waals surface area contributed by atoms with Crippen LogP contribution in [0.1, 0.15) is 74.7 Å². The summed E-state index contributed by atoms with van der Waals surface area (Å²) >= 11 is 0. The van der Waals surface area contributed by atoms with Gasteiger partial charge in [-0.25, -0.2) is 4.79 Å². The Bertz CT molecular complexity index is 1270. The molecule has 4 rings (SSSR count). The van der Waals surface area contributed by atoms with Gasteiger partial charge in [-0.05, 0) is 26.3 Å². The summed E-state index contributed by atoms with van der Waals surface area (Å²) in [6.07, 6.45) is -5.44. The van der Waals surface area contributed by atoms with E-state index in [4.69, 9.17) is 14.2 Å². The summed E-state index contributed by atoms with van der Waals surface area (Å²) in [7, 11) is 0. The van der Waals surface area contributed by atoms with Crippen LogP contribution in [0.25, 0.3) is 0 Å². The van der Waals surface area contributed by atoms with Gasteiger partial charge in [0.05, 0.1) is 24.9 Å². The van der Waals surface area contributed by atoms with Crippen LogP contribution in [0.4, 0.5) is 0 Å². The van der Waals surface area contributed by atoms with E-state index in [0.29, 0.717) is 5.57 Å². The molecule has 1 amide bonds. The van der Waals surface area contributed by atoms with E-state index in [0.717, 1.165) is 5.57 Å². The number of nitrogens with one attached hydrogen (secondary N) is 1. The molecule has 12 nitrogen and oxygen atoms in total. The number of hydrogen-bond acceptors (Lipinski definition) is 11. The smallest absolute Gasteiger partial charge is 0.338 e. The van der Waals surface area contributed by atoms with E-state index in [9.17, 15) is 39.6 Å². The molecule has 0 radical (unpaired) electrons. The molecule has 5 N–H and O–H groups in total. The molecule has 0 aromatic carbocycles. The van der Waals surface area contributed by atoms with Crippen molar-refractivity contribution in [3.05, 3.63) is 22.8 Å².